The largest absolute Gasteiger partial charge is 0.465 e. The molecule has 2 unspecified atom stereocenters. The molecule has 35 heavy (non-hydrogen) atoms. The number of nitrogens with zero attached hydrogens (tertiary/aromatic N) is 2. The van der Waals surface area contributed by atoms with Crippen LogP contribution in [0.3, 0.4) is 0 Å². The molecule has 0 aliphatic carbocycles. The molecule has 0 saturated carbocycles. The molecule has 194 valence electrons. The average Bonchev–Trinajstić information content (AvgIpc) is 3.15. The van der Waals surface area contributed by atoms with Crippen LogP contribution in [0.15, 0.2) is 24.3 Å². The van der Waals surface area contributed by atoms with Gasteiger partial charge in [0.2, 0.25) is 5.91 Å². The Bertz CT molecular complexity index is 912. The second kappa shape index (κ2) is 12.7. The summed E-state index contributed by atoms with van der Waals surface area (Å²) in [6.07, 6.45) is 3.32. The summed E-state index contributed by atoms with van der Waals surface area (Å²) in [6, 6.07) is 7.34. The van der Waals surface area contributed by atoms with E-state index in [1.54, 1.807) is 12.1 Å². The van der Waals surface area contributed by atoms with Gasteiger partial charge in [0.15, 0.2) is 8.32 Å². The van der Waals surface area contributed by atoms with Crippen LogP contribution in [0, 0.1) is 17.8 Å². The van der Waals surface area contributed by atoms with Crippen LogP contribution >= 0.6 is 0 Å². The van der Waals surface area contributed by atoms with Gasteiger partial charge in [-0.2, -0.15) is 0 Å². The third-order valence-corrected chi connectivity index (χ3v) is 11.7. The Balaban J connectivity index is 2.04. The number of methoxy groups -OCH3 is 1. The molecular formula is C28H44N2O4Si. The molecule has 1 heterocycles. The number of amides is 1. The monoisotopic (exact) mass is 500 g/mol. The lowest BCUT2D eigenvalue weighted by molar-refractivity contribution is -0.137. The fourth-order valence-corrected chi connectivity index (χ4v) is 5.13. The molecule has 6 nitrogen and oxygen atoms in total. The standard InChI is InChI=1S/C28H44N2O4Si/c1-9-11-22(2)25(34-35(7,8)28(3,4)5)12-10-19-29-20-18-26(31)30(29)21-17-23-13-15-24(16-14-23)27(32)33-6/h13-16,22,25H,9,11,17-21H2,1-8H3. The van der Waals surface area contributed by atoms with Crippen LogP contribution in [0.2, 0.25) is 18.1 Å². The summed E-state index contributed by atoms with van der Waals surface area (Å²) in [5.41, 5.74) is 1.59. The Morgan fingerprint density at radius 2 is 1.86 bits per heavy atom. The lowest BCUT2D eigenvalue weighted by Crippen LogP contribution is -2.45. The fourth-order valence-electron chi connectivity index (χ4n) is 3.85. The van der Waals surface area contributed by atoms with Crippen molar-refractivity contribution in [2.75, 3.05) is 26.7 Å². The molecule has 0 N–H and O–H groups in total. The Morgan fingerprint density at radius 3 is 2.43 bits per heavy atom. The van der Waals surface area contributed by atoms with Crippen molar-refractivity contribution in [3.8, 4) is 11.8 Å². The van der Waals surface area contributed by atoms with E-state index in [9.17, 15) is 9.59 Å². The molecule has 2 atom stereocenters. The Labute approximate surface area is 213 Å². The third-order valence-electron chi connectivity index (χ3n) is 7.19. The molecule has 1 saturated heterocycles. The van der Waals surface area contributed by atoms with Gasteiger partial charge in [-0.15, -0.1) is 0 Å². The molecule has 0 bridgehead atoms. The van der Waals surface area contributed by atoms with Crippen LogP contribution in [0.25, 0.3) is 0 Å². The predicted octanol–water partition coefficient (Wildman–Crippen LogP) is 5.30. The molecule has 1 aliphatic rings. The number of carbonyl (C=O) groups excluding carboxylic acids is 2. The SMILES string of the molecule is CCCC(C)C(C#CCN1CCC(=O)N1CCc1ccc(C(=O)OC)cc1)O[Si](C)(C)C(C)(C)C. The average molecular weight is 501 g/mol. The highest BCUT2D eigenvalue weighted by Crippen LogP contribution is 2.38. The van der Waals surface area contributed by atoms with Gasteiger partial charge in [0.1, 0.15) is 6.10 Å². The first kappa shape index (κ1) is 29.1. The zero-order valence-electron chi connectivity index (χ0n) is 22.9. The minimum Gasteiger partial charge on any atom is -0.465 e. The second-order valence-corrected chi connectivity index (χ2v) is 15.7. The Hall–Kier alpha value is -2.14. The van der Waals surface area contributed by atoms with Gasteiger partial charge < -0.3 is 9.16 Å². The van der Waals surface area contributed by atoms with E-state index in [1.165, 1.54) is 7.11 Å². The van der Waals surface area contributed by atoms with Gasteiger partial charge in [0.25, 0.3) is 0 Å². The van der Waals surface area contributed by atoms with Gasteiger partial charge >= 0.3 is 5.97 Å². The van der Waals surface area contributed by atoms with E-state index < -0.39 is 8.32 Å². The van der Waals surface area contributed by atoms with E-state index >= 15 is 0 Å². The van der Waals surface area contributed by atoms with E-state index in [4.69, 9.17) is 9.16 Å². The lowest BCUT2D eigenvalue weighted by atomic mass is 10.00. The number of hydrazine groups is 1. The molecule has 1 aliphatic heterocycles. The van der Waals surface area contributed by atoms with E-state index in [0.717, 1.165) is 18.4 Å². The molecule has 1 aromatic carbocycles. The van der Waals surface area contributed by atoms with Gasteiger partial charge in [-0.1, -0.05) is 65.0 Å². The van der Waals surface area contributed by atoms with Gasteiger partial charge in [-0.05, 0) is 54.6 Å². The third kappa shape index (κ3) is 8.20. The maximum Gasteiger partial charge on any atom is 0.337 e. The summed E-state index contributed by atoms with van der Waals surface area (Å²) >= 11 is 0. The van der Waals surface area contributed by atoms with Crippen molar-refractivity contribution in [2.24, 2.45) is 5.92 Å². The highest BCUT2D eigenvalue weighted by Gasteiger charge is 2.39. The molecule has 0 radical (unpaired) electrons. The molecule has 7 heteroatoms. The number of ether oxygens (including phenoxy) is 1. The summed E-state index contributed by atoms with van der Waals surface area (Å²) in [5.74, 6) is 6.92. The second-order valence-electron chi connectivity index (χ2n) is 11.0. The van der Waals surface area contributed by atoms with Crippen molar-refractivity contribution >= 4 is 20.2 Å². The molecule has 1 aromatic rings. The van der Waals surface area contributed by atoms with Crippen LogP contribution in [0.1, 0.15) is 69.8 Å². The van der Waals surface area contributed by atoms with Crippen molar-refractivity contribution in [3.63, 3.8) is 0 Å². The van der Waals surface area contributed by atoms with Crippen molar-refractivity contribution < 1.29 is 18.8 Å². The smallest absolute Gasteiger partial charge is 0.337 e. The summed E-state index contributed by atoms with van der Waals surface area (Å²) in [7, 11) is -0.565. The van der Waals surface area contributed by atoms with Crippen molar-refractivity contribution in [3.05, 3.63) is 35.4 Å². The number of esters is 1. The van der Waals surface area contributed by atoms with E-state index in [2.05, 4.69) is 59.6 Å². The van der Waals surface area contributed by atoms with Crippen LogP contribution in [-0.4, -0.2) is 63.1 Å². The molecule has 0 aromatic heterocycles. The number of benzene rings is 1. The van der Waals surface area contributed by atoms with Crippen LogP contribution < -0.4 is 0 Å². The first-order chi connectivity index (χ1) is 16.4. The lowest BCUT2D eigenvalue weighted by Gasteiger charge is -2.39. The van der Waals surface area contributed by atoms with Gasteiger partial charge in [0.05, 0.1) is 19.2 Å². The normalized spacial score (nSPS) is 16.6. The van der Waals surface area contributed by atoms with Crippen molar-refractivity contribution in [1.82, 2.24) is 10.0 Å². The zero-order valence-corrected chi connectivity index (χ0v) is 23.9. The molecule has 1 fully saturated rings. The minimum absolute atomic E-state index is 0.0871. The van der Waals surface area contributed by atoms with Crippen LogP contribution in [-0.2, 0) is 20.4 Å². The highest BCUT2D eigenvalue weighted by atomic mass is 28.4. The Kier molecular flexibility index (Phi) is 10.6. The zero-order chi connectivity index (χ0) is 26.2. The minimum atomic E-state index is -1.94. The predicted molar refractivity (Wildman–Crippen MR) is 143 cm³/mol. The molecule has 2 rings (SSSR count). The quantitative estimate of drug-likeness (QED) is 0.248. The van der Waals surface area contributed by atoms with Gasteiger partial charge in [-0.3, -0.25) is 9.80 Å². The van der Waals surface area contributed by atoms with Gasteiger partial charge in [0, 0.05) is 19.5 Å². The molecule has 1 amide bonds. The van der Waals surface area contributed by atoms with Gasteiger partial charge in [-0.25, -0.2) is 9.80 Å². The summed E-state index contributed by atoms with van der Waals surface area (Å²) < 4.78 is 11.5. The maximum absolute atomic E-state index is 12.5. The van der Waals surface area contributed by atoms with Crippen LogP contribution in [0.5, 0.6) is 0 Å². The number of rotatable bonds is 10. The van der Waals surface area contributed by atoms with Crippen LogP contribution in [0.4, 0.5) is 0 Å². The number of hydrogen-bond donors (Lipinski definition) is 0. The fraction of sp³-hybridized carbons (Fsp3) is 0.643. The molecular weight excluding hydrogens is 456 g/mol. The topological polar surface area (TPSA) is 59.1 Å². The first-order valence-electron chi connectivity index (χ1n) is 12.8. The highest BCUT2D eigenvalue weighted by molar-refractivity contribution is 6.74. The maximum atomic E-state index is 12.5. The summed E-state index contributed by atoms with van der Waals surface area (Å²) in [6.45, 7) is 17.5. The van der Waals surface area contributed by atoms with E-state index in [-0.39, 0.29) is 23.0 Å². The molecule has 0 spiro atoms. The van der Waals surface area contributed by atoms with E-state index in [1.807, 2.05) is 22.2 Å². The first-order valence-corrected chi connectivity index (χ1v) is 15.7. The summed E-state index contributed by atoms with van der Waals surface area (Å²) in [5, 5.41) is 4.00. The van der Waals surface area contributed by atoms with Crippen molar-refractivity contribution in [2.45, 2.75) is 84.5 Å². The number of carbonyl (C=O) groups is 2. The van der Waals surface area contributed by atoms with E-state index in [0.29, 0.717) is 44.0 Å². The summed E-state index contributed by atoms with van der Waals surface area (Å²) in [4.78, 5) is 24.2. The number of hydrogen-bond acceptors (Lipinski definition) is 5. The van der Waals surface area contributed by atoms with Crippen molar-refractivity contribution in [1.29, 1.82) is 0 Å². The Morgan fingerprint density at radius 1 is 1.20 bits per heavy atom.